The molecule has 2 heterocycles. The van der Waals surface area contributed by atoms with Gasteiger partial charge in [-0.2, -0.15) is 5.10 Å². The van der Waals surface area contributed by atoms with E-state index in [9.17, 15) is 9.59 Å². The fraction of sp³-hybridized carbons (Fsp3) is 0.543. The summed E-state index contributed by atoms with van der Waals surface area (Å²) in [6.07, 6.45) is 13.6. The Morgan fingerprint density at radius 3 is 2.33 bits per heavy atom. The smallest absolute Gasteiger partial charge is 0.308 e. The number of amides is 1. The number of nitrogens with zero attached hydrogens (tertiary/aromatic N) is 4. The number of benzene rings is 1. The monoisotopic (exact) mass is 584 g/mol. The Bertz CT molecular complexity index is 1430. The maximum Gasteiger partial charge on any atom is 0.308 e. The third-order valence-corrected chi connectivity index (χ3v) is 9.88. The summed E-state index contributed by atoms with van der Waals surface area (Å²) in [6.45, 7) is 2.71. The largest absolute Gasteiger partial charge is 0.495 e. The molecule has 1 amide bonds. The Kier molecular flexibility index (Phi) is 8.82. The van der Waals surface area contributed by atoms with Gasteiger partial charge in [-0.25, -0.2) is 0 Å². The molecule has 0 bridgehead atoms. The van der Waals surface area contributed by atoms with E-state index < -0.39 is 0 Å². The number of aryl methyl sites for hydroxylation is 1. The Balaban J connectivity index is 1.19. The molecule has 3 saturated carbocycles. The number of hydrogen-bond acceptors (Lipinski definition) is 6. The molecule has 0 aliphatic heterocycles. The lowest BCUT2D eigenvalue weighted by Gasteiger charge is -2.36. The second-order valence-corrected chi connectivity index (χ2v) is 12.8. The highest BCUT2D eigenvalue weighted by molar-refractivity contribution is 5.96. The highest BCUT2D eigenvalue weighted by atomic mass is 16.5. The maximum absolute atomic E-state index is 14.2. The average molecular weight is 585 g/mol. The van der Waals surface area contributed by atoms with Crippen LogP contribution < -0.4 is 9.64 Å². The molecule has 3 fully saturated rings. The van der Waals surface area contributed by atoms with E-state index in [0.717, 1.165) is 72.5 Å². The van der Waals surface area contributed by atoms with Gasteiger partial charge in [0.05, 0.1) is 38.1 Å². The van der Waals surface area contributed by atoms with Crippen molar-refractivity contribution >= 4 is 17.6 Å². The minimum atomic E-state index is -0.152. The van der Waals surface area contributed by atoms with Crippen molar-refractivity contribution in [3.8, 4) is 16.9 Å². The fourth-order valence-electron chi connectivity index (χ4n) is 7.07. The van der Waals surface area contributed by atoms with E-state index in [1.165, 1.54) is 20.0 Å². The predicted molar refractivity (Wildman–Crippen MR) is 166 cm³/mol. The number of ether oxygens (including phenoxy) is 2. The summed E-state index contributed by atoms with van der Waals surface area (Å²) in [5.74, 6) is 1.54. The van der Waals surface area contributed by atoms with Gasteiger partial charge >= 0.3 is 5.97 Å². The maximum atomic E-state index is 14.2. The van der Waals surface area contributed by atoms with E-state index in [1.807, 2.05) is 19.2 Å². The standard InChI is InChI=1S/C35H44N4O4/c1-23-33(42-2)18-17-32(37-23)25-9-7-24(8-10-25)21-38(34(40)26-11-13-27(14-12-26)35(41)43-3)31-6-4-5-28(19-31)29-20-36-39(22-29)30-15-16-30/h4-6,17-20,22,24-27,30H,7-16,21H2,1-3H3/t24-,25-,26-,27-. The van der Waals surface area contributed by atoms with Crippen LogP contribution in [0.15, 0.2) is 48.8 Å². The number of hydrogen-bond donors (Lipinski definition) is 0. The summed E-state index contributed by atoms with van der Waals surface area (Å²) in [5.41, 5.74) is 5.20. The van der Waals surface area contributed by atoms with Crippen LogP contribution in [0.2, 0.25) is 0 Å². The molecule has 228 valence electrons. The van der Waals surface area contributed by atoms with Gasteiger partial charge in [0.1, 0.15) is 5.75 Å². The molecule has 6 rings (SSSR count). The summed E-state index contributed by atoms with van der Waals surface area (Å²) in [6, 6.07) is 13.1. The number of pyridine rings is 1. The second kappa shape index (κ2) is 12.9. The first-order chi connectivity index (χ1) is 20.9. The minimum Gasteiger partial charge on any atom is -0.495 e. The van der Waals surface area contributed by atoms with Gasteiger partial charge in [-0.3, -0.25) is 19.3 Å². The van der Waals surface area contributed by atoms with Gasteiger partial charge in [0.2, 0.25) is 5.91 Å². The third kappa shape index (κ3) is 6.63. The van der Waals surface area contributed by atoms with Crippen molar-refractivity contribution in [2.75, 3.05) is 25.7 Å². The van der Waals surface area contributed by atoms with Crippen LogP contribution in [0.25, 0.3) is 11.1 Å². The Morgan fingerprint density at radius 1 is 0.907 bits per heavy atom. The van der Waals surface area contributed by atoms with Crippen molar-refractivity contribution in [3.63, 3.8) is 0 Å². The van der Waals surface area contributed by atoms with Crippen LogP contribution in [0.4, 0.5) is 5.69 Å². The molecule has 3 aliphatic carbocycles. The van der Waals surface area contributed by atoms with Crippen LogP contribution in [0.3, 0.4) is 0 Å². The van der Waals surface area contributed by atoms with Gasteiger partial charge < -0.3 is 14.4 Å². The van der Waals surface area contributed by atoms with E-state index >= 15 is 0 Å². The summed E-state index contributed by atoms with van der Waals surface area (Å²) >= 11 is 0. The first kappa shape index (κ1) is 29.4. The first-order valence-corrected chi connectivity index (χ1v) is 16.0. The van der Waals surface area contributed by atoms with Crippen molar-refractivity contribution < 1.29 is 19.1 Å². The summed E-state index contributed by atoms with van der Waals surface area (Å²) < 4.78 is 12.5. The molecule has 0 saturated heterocycles. The molecule has 0 N–H and O–H groups in total. The highest BCUT2D eigenvalue weighted by Gasteiger charge is 2.35. The van der Waals surface area contributed by atoms with Crippen LogP contribution in [-0.4, -0.2) is 47.4 Å². The second-order valence-electron chi connectivity index (χ2n) is 12.8. The van der Waals surface area contributed by atoms with E-state index in [0.29, 0.717) is 37.3 Å². The van der Waals surface area contributed by atoms with Crippen molar-refractivity contribution in [2.24, 2.45) is 17.8 Å². The topological polar surface area (TPSA) is 86.6 Å². The normalized spacial score (nSPS) is 23.9. The third-order valence-electron chi connectivity index (χ3n) is 9.88. The van der Waals surface area contributed by atoms with E-state index in [1.54, 1.807) is 7.11 Å². The molecule has 0 atom stereocenters. The van der Waals surface area contributed by atoms with E-state index in [4.69, 9.17) is 14.5 Å². The first-order valence-electron chi connectivity index (χ1n) is 16.0. The Hall–Kier alpha value is -3.68. The number of aromatic nitrogens is 3. The molecule has 43 heavy (non-hydrogen) atoms. The predicted octanol–water partition coefficient (Wildman–Crippen LogP) is 6.88. The van der Waals surface area contributed by atoms with Gasteiger partial charge in [0.25, 0.3) is 0 Å². The summed E-state index contributed by atoms with van der Waals surface area (Å²) in [5, 5.41) is 4.59. The lowest BCUT2D eigenvalue weighted by Crippen LogP contribution is -2.42. The molecule has 1 aromatic carbocycles. The minimum absolute atomic E-state index is 0.0787. The molecule has 8 nitrogen and oxygen atoms in total. The SMILES string of the molecule is COc1ccc([C@H]2CC[C@H](CN(c3cccc(-c4cnn(C5CC5)c4)c3)C(=O)[C@H]3CC[C@H](C(=O)OC)CC3)CC2)nc1C. The number of rotatable bonds is 9. The number of carbonyl (C=O) groups excluding carboxylic acids is 2. The lowest BCUT2D eigenvalue weighted by molar-refractivity contribution is -0.147. The van der Waals surface area contributed by atoms with Crippen LogP contribution in [0.1, 0.15) is 87.6 Å². The molecule has 0 spiro atoms. The van der Waals surface area contributed by atoms with Crippen molar-refractivity contribution in [2.45, 2.75) is 83.1 Å². The lowest BCUT2D eigenvalue weighted by atomic mass is 9.79. The zero-order valence-corrected chi connectivity index (χ0v) is 25.7. The molecular formula is C35H44N4O4. The van der Waals surface area contributed by atoms with Crippen LogP contribution in [0, 0.1) is 24.7 Å². The van der Waals surface area contributed by atoms with Gasteiger partial charge in [-0.05, 0) is 107 Å². The Morgan fingerprint density at radius 2 is 1.65 bits per heavy atom. The molecule has 3 aromatic rings. The van der Waals surface area contributed by atoms with Crippen LogP contribution >= 0.6 is 0 Å². The summed E-state index contributed by atoms with van der Waals surface area (Å²) in [4.78, 5) is 33.2. The summed E-state index contributed by atoms with van der Waals surface area (Å²) in [7, 11) is 3.13. The number of methoxy groups -OCH3 is 2. The fourth-order valence-corrected chi connectivity index (χ4v) is 7.07. The number of carbonyl (C=O) groups is 2. The molecule has 2 aromatic heterocycles. The van der Waals surface area contributed by atoms with Crippen molar-refractivity contribution in [3.05, 3.63) is 60.2 Å². The van der Waals surface area contributed by atoms with E-state index in [2.05, 4.69) is 51.2 Å². The molecule has 0 unspecified atom stereocenters. The Labute approximate surface area is 254 Å². The van der Waals surface area contributed by atoms with Gasteiger partial charge in [-0.1, -0.05) is 12.1 Å². The average Bonchev–Trinajstić information content (AvgIpc) is 3.79. The molecule has 8 heteroatoms. The molecular weight excluding hydrogens is 540 g/mol. The van der Waals surface area contributed by atoms with E-state index in [-0.39, 0.29) is 23.7 Å². The van der Waals surface area contributed by atoms with Crippen LogP contribution in [-0.2, 0) is 14.3 Å². The number of esters is 1. The zero-order chi connectivity index (χ0) is 29.9. The zero-order valence-electron chi connectivity index (χ0n) is 25.7. The quantitative estimate of drug-likeness (QED) is 0.255. The number of anilines is 1. The van der Waals surface area contributed by atoms with Gasteiger partial charge in [0.15, 0.2) is 0 Å². The molecule has 3 aliphatic rings. The van der Waals surface area contributed by atoms with Gasteiger partial charge in [-0.15, -0.1) is 0 Å². The van der Waals surface area contributed by atoms with Crippen molar-refractivity contribution in [1.82, 2.24) is 14.8 Å². The van der Waals surface area contributed by atoms with Crippen molar-refractivity contribution in [1.29, 1.82) is 0 Å². The highest BCUT2D eigenvalue weighted by Crippen LogP contribution is 2.39. The van der Waals surface area contributed by atoms with Crippen LogP contribution in [0.5, 0.6) is 5.75 Å². The van der Waals surface area contributed by atoms with Gasteiger partial charge in [0, 0.05) is 41.5 Å². The molecule has 0 radical (unpaired) electrons.